The molecule has 0 saturated carbocycles. The van der Waals surface area contributed by atoms with Crippen LogP contribution in [0.1, 0.15) is 54.5 Å². The third-order valence-corrected chi connectivity index (χ3v) is 8.39. The molecule has 0 aliphatic carbocycles. The summed E-state index contributed by atoms with van der Waals surface area (Å²) in [7, 11) is 1.40. The summed E-state index contributed by atoms with van der Waals surface area (Å²) in [6, 6.07) is 17.3. The van der Waals surface area contributed by atoms with Crippen molar-refractivity contribution in [1.82, 2.24) is 9.88 Å². The molecule has 0 unspecified atom stereocenters. The van der Waals surface area contributed by atoms with Gasteiger partial charge in [0.05, 0.1) is 24.2 Å². The van der Waals surface area contributed by atoms with Gasteiger partial charge in [0.2, 0.25) is 0 Å². The monoisotopic (exact) mass is 504 g/mol. The fourth-order valence-corrected chi connectivity index (χ4v) is 6.64. The Hall–Kier alpha value is -2.90. The Bertz CT molecular complexity index is 1250. The van der Waals surface area contributed by atoms with E-state index in [2.05, 4.69) is 83.3 Å². The van der Waals surface area contributed by atoms with Gasteiger partial charge in [0.25, 0.3) is 0 Å². The molecule has 1 spiro atoms. The molecule has 0 atom stereocenters. The molecule has 190 valence electrons. The van der Waals surface area contributed by atoms with Crippen LogP contribution in [0.4, 0.5) is 22.2 Å². The Morgan fingerprint density at radius 2 is 1.75 bits per heavy atom. The van der Waals surface area contributed by atoms with Crippen molar-refractivity contribution >= 4 is 39.5 Å². The Morgan fingerprint density at radius 1 is 1.08 bits per heavy atom. The van der Waals surface area contributed by atoms with E-state index < -0.39 is 0 Å². The average molecular weight is 505 g/mol. The van der Waals surface area contributed by atoms with Crippen LogP contribution in [0.2, 0.25) is 0 Å². The predicted octanol–water partition coefficient (Wildman–Crippen LogP) is 6.51. The van der Waals surface area contributed by atoms with Crippen molar-refractivity contribution in [2.45, 2.75) is 46.0 Å². The van der Waals surface area contributed by atoms with Gasteiger partial charge in [-0.1, -0.05) is 62.4 Å². The van der Waals surface area contributed by atoms with Crippen LogP contribution in [-0.2, 0) is 10.2 Å². The number of carbonyl (C=O) groups excluding carboxylic acids is 1. The molecule has 5 rings (SSSR count). The number of fused-ring (bicyclic) bond motifs is 2. The predicted molar refractivity (Wildman–Crippen MR) is 148 cm³/mol. The van der Waals surface area contributed by atoms with Gasteiger partial charge in [-0.2, -0.15) is 0 Å². The normalized spacial score (nSPS) is 17.3. The van der Waals surface area contributed by atoms with Crippen LogP contribution in [0.25, 0.3) is 0 Å². The summed E-state index contributed by atoms with van der Waals surface area (Å²) in [5.74, 6) is -0.348. The summed E-state index contributed by atoms with van der Waals surface area (Å²) in [6.07, 6.45) is 2.33. The quantitative estimate of drug-likeness (QED) is 0.400. The third-order valence-electron chi connectivity index (χ3n) is 7.34. The average Bonchev–Trinajstić information content (AvgIpc) is 3.37. The number of nitrogens with one attached hydrogen (secondary N) is 1. The number of likely N-dealkylation sites (tertiary alicyclic amines) is 1. The first-order chi connectivity index (χ1) is 17.2. The van der Waals surface area contributed by atoms with E-state index in [1.54, 1.807) is 0 Å². The molecule has 2 aliphatic heterocycles. The van der Waals surface area contributed by atoms with Crippen LogP contribution >= 0.6 is 11.3 Å². The van der Waals surface area contributed by atoms with E-state index in [1.807, 2.05) is 13.0 Å². The van der Waals surface area contributed by atoms with Crippen LogP contribution in [0.15, 0.2) is 48.5 Å². The van der Waals surface area contributed by atoms with Crippen LogP contribution in [0, 0.1) is 12.3 Å². The van der Waals surface area contributed by atoms with E-state index >= 15 is 0 Å². The maximum absolute atomic E-state index is 12.1. The minimum atomic E-state index is -0.348. The van der Waals surface area contributed by atoms with Gasteiger partial charge in [-0.3, -0.25) is 0 Å². The standard InChI is InChI=1S/C29H36N4O2S/c1-20-25(26(34)35-5)36-27(30-20)31-22-11-7-9-13-24(22)33-19-29(21-10-6-8-12-23(21)33)14-16-32(17-15-29)18-28(2,3)4/h6-13H,14-19H2,1-5H3,(H,30,31). The van der Waals surface area contributed by atoms with Crippen LogP contribution in [0.5, 0.6) is 0 Å². The summed E-state index contributed by atoms with van der Waals surface area (Å²) in [6.45, 7) is 13.2. The lowest BCUT2D eigenvalue weighted by atomic mass is 9.74. The Labute approximate surface area is 218 Å². The summed E-state index contributed by atoms with van der Waals surface area (Å²) in [5, 5.41) is 4.19. The van der Waals surface area contributed by atoms with Gasteiger partial charge in [0.1, 0.15) is 4.88 Å². The maximum atomic E-state index is 12.1. The molecule has 7 heteroatoms. The molecule has 2 aromatic carbocycles. The molecule has 0 amide bonds. The van der Waals surface area contributed by atoms with E-state index in [0.29, 0.717) is 21.1 Å². The fourth-order valence-electron chi connectivity index (χ4n) is 5.74. The van der Waals surface area contributed by atoms with E-state index in [9.17, 15) is 4.79 Å². The van der Waals surface area contributed by atoms with Crippen LogP contribution in [-0.4, -0.2) is 49.1 Å². The lowest BCUT2D eigenvalue weighted by molar-refractivity contribution is 0.0605. The lowest BCUT2D eigenvalue weighted by Crippen LogP contribution is -2.46. The number of nitrogens with zero attached hydrogens (tertiary/aromatic N) is 3. The second-order valence-electron chi connectivity index (χ2n) is 11.3. The fraction of sp³-hybridized carbons (Fsp3) is 0.448. The van der Waals surface area contributed by atoms with Gasteiger partial charge < -0.3 is 19.9 Å². The Balaban J connectivity index is 1.43. The highest BCUT2D eigenvalue weighted by molar-refractivity contribution is 7.17. The first-order valence-corrected chi connectivity index (χ1v) is 13.5. The lowest BCUT2D eigenvalue weighted by Gasteiger charge is -2.42. The Kier molecular flexibility index (Phi) is 6.55. The summed E-state index contributed by atoms with van der Waals surface area (Å²) in [4.78, 5) is 22.3. The molecule has 2 aliphatic rings. The van der Waals surface area contributed by atoms with Crippen LogP contribution < -0.4 is 10.2 Å². The number of hydrogen-bond donors (Lipinski definition) is 1. The molecular formula is C29H36N4O2S. The molecule has 3 heterocycles. The molecule has 36 heavy (non-hydrogen) atoms. The first kappa shape index (κ1) is 24.8. The van der Waals surface area contributed by atoms with E-state index in [4.69, 9.17) is 4.74 Å². The van der Waals surface area contributed by atoms with Crippen molar-refractivity contribution < 1.29 is 9.53 Å². The zero-order chi connectivity index (χ0) is 25.5. The molecule has 1 fully saturated rings. The van der Waals surface area contributed by atoms with Crippen molar-refractivity contribution in [3.63, 3.8) is 0 Å². The number of ether oxygens (including phenoxy) is 1. The second-order valence-corrected chi connectivity index (χ2v) is 12.3. The number of aromatic nitrogens is 1. The van der Waals surface area contributed by atoms with Gasteiger partial charge in [0, 0.05) is 24.2 Å². The summed E-state index contributed by atoms with van der Waals surface area (Å²) < 4.78 is 4.91. The van der Waals surface area contributed by atoms with Crippen molar-refractivity contribution in [2.24, 2.45) is 5.41 Å². The minimum absolute atomic E-state index is 0.161. The number of thiazole rings is 1. The number of methoxy groups -OCH3 is 1. The number of para-hydroxylation sites is 3. The molecule has 0 radical (unpaired) electrons. The SMILES string of the molecule is COC(=O)c1sc(Nc2ccccc2N2CC3(CCN(CC(C)(C)C)CC3)c3ccccc32)nc1C. The number of piperidine rings is 1. The number of anilines is 4. The number of hydrogen-bond acceptors (Lipinski definition) is 7. The number of carbonyl (C=O) groups is 1. The summed E-state index contributed by atoms with van der Waals surface area (Å²) >= 11 is 1.33. The van der Waals surface area contributed by atoms with Crippen molar-refractivity contribution in [3.8, 4) is 0 Å². The van der Waals surface area contributed by atoms with Crippen molar-refractivity contribution in [2.75, 3.05) is 43.5 Å². The zero-order valence-corrected chi connectivity index (χ0v) is 22.7. The first-order valence-electron chi connectivity index (χ1n) is 12.7. The number of benzene rings is 2. The van der Waals surface area contributed by atoms with Gasteiger partial charge in [-0.15, -0.1) is 0 Å². The van der Waals surface area contributed by atoms with Gasteiger partial charge in [-0.25, -0.2) is 9.78 Å². The highest BCUT2D eigenvalue weighted by Crippen LogP contribution is 2.51. The smallest absolute Gasteiger partial charge is 0.350 e. The van der Waals surface area contributed by atoms with Crippen molar-refractivity contribution in [3.05, 3.63) is 64.7 Å². The summed E-state index contributed by atoms with van der Waals surface area (Å²) in [5.41, 5.74) is 6.03. The van der Waals surface area contributed by atoms with Gasteiger partial charge in [0.15, 0.2) is 5.13 Å². The van der Waals surface area contributed by atoms with Crippen molar-refractivity contribution in [1.29, 1.82) is 0 Å². The number of aryl methyl sites for hydroxylation is 1. The minimum Gasteiger partial charge on any atom is -0.465 e. The molecule has 3 aromatic rings. The van der Waals surface area contributed by atoms with Gasteiger partial charge >= 0.3 is 5.97 Å². The maximum Gasteiger partial charge on any atom is 0.350 e. The van der Waals surface area contributed by atoms with Crippen LogP contribution in [0.3, 0.4) is 0 Å². The topological polar surface area (TPSA) is 57.7 Å². The molecule has 1 aromatic heterocycles. The number of rotatable bonds is 5. The van der Waals surface area contributed by atoms with E-state index in [1.165, 1.54) is 42.5 Å². The van der Waals surface area contributed by atoms with Gasteiger partial charge in [-0.05, 0) is 62.0 Å². The highest BCUT2D eigenvalue weighted by Gasteiger charge is 2.45. The molecule has 0 bridgehead atoms. The molecule has 1 N–H and O–H groups in total. The third kappa shape index (κ3) is 4.74. The highest BCUT2D eigenvalue weighted by atomic mass is 32.1. The Morgan fingerprint density at radius 3 is 2.44 bits per heavy atom. The second kappa shape index (κ2) is 9.52. The molecule has 1 saturated heterocycles. The van der Waals surface area contributed by atoms with E-state index in [0.717, 1.165) is 37.6 Å². The molecular weight excluding hydrogens is 468 g/mol. The van der Waals surface area contributed by atoms with E-state index in [-0.39, 0.29) is 11.4 Å². The number of esters is 1. The largest absolute Gasteiger partial charge is 0.465 e. The zero-order valence-electron chi connectivity index (χ0n) is 21.9. The molecule has 6 nitrogen and oxygen atoms in total.